The van der Waals surface area contributed by atoms with Gasteiger partial charge in [-0.2, -0.15) is 0 Å². The predicted octanol–water partition coefficient (Wildman–Crippen LogP) is 2.63. The van der Waals surface area contributed by atoms with Crippen molar-refractivity contribution in [1.82, 2.24) is 4.98 Å². The van der Waals surface area contributed by atoms with Crippen LogP contribution in [0, 0.1) is 17.0 Å². The summed E-state index contributed by atoms with van der Waals surface area (Å²) >= 11 is 0. The first-order valence-corrected chi connectivity index (χ1v) is 6.49. The van der Waals surface area contributed by atoms with Crippen molar-refractivity contribution in [3.05, 3.63) is 40.1 Å². The summed E-state index contributed by atoms with van der Waals surface area (Å²) in [7, 11) is 0. The number of nitro groups is 1. The van der Waals surface area contributed by atoms with Crippen molar-refractivity contribution in [3.63, 3.8) is 0 Å². The molecule has 1 aromatic heterocycles. The molecule has 2 rings (SSSR count). The number of nitrogens with one attached hydrogen (secondary N) is 1. The molecule has 0 spiro atoms. The van der Waals surface area contributed by atoms with Crippen molar-refractivity contribution in [2.24, 2.45) is 0 Å². The first-order valence-electron chi connectivity index (χ1n) is 6.49. The van der Waals surface area contributed by atoms with Crippen molar-refractivity contribution in [1.29, 1.82) is 0 Å². The van der Waals surface area contributed by atoms with E-state index in [1.54, 1.807) is 6.07 Å². The zero-order chi connectivity index (χ0) is 14.7. The lowest BCUT2D eigenvalue weighted by atomic mass is 10.1. The highest BCUT2D eigenvalue weighted by Gasteiger charge is 2.11. The van der Waals surface area contributed by atoms with Gasteiger partial charge in [-0.1, -0.05) is 6.92 Å². The van der Waals surface area contributed by atoms with Gasteiger partial charge in [0.2, 0.25) is 0 Å². The minimum atomic E-state index is -0.447. The fourth-order valence-electron chi connectivity index (χ4n) is 1.98. The van der Waals surface area contributed by atoms with E-state index in [1.165, 1.54) is 12.1 Å². The fraction of sp³-hybridized carbons (Fsp3) is 0.357. The number of non-ortho nitro benzene ring substituents is 1. The highest BCUT2D eigenvalue weighted by Crippen LogP contribution is 2.27. The molecule has 0 aliphatic heterocycles. The average Bonchev–Trinajstić information content (AvgIpc) is 2.43. The van der Waals surface area contributed by atoms with Gasteiger partial charge in [-0.3, -0.25) is 15.1 Å². The van der Waals surface area contributed by atoms with Crippen LogP contribution in [0.2, 0.25) is 0 Å². The van der Waals surface area contributed by atoms with Crippen molar-refractivity contribution >= 4 is 22.3 Å². The average molecular weight is 275 g/mol. The van der Waals surface area contributed by atoms with Gasteiger partial charge < -0.3 is 10.4 Å². The SMILES string of the molecule is CCC(O)CNc1cc(C)nc2ccc([N+](=O)[O-])cc12. The maximum absolute atomic E-state index is 10.9. The minimum absolute atomic E-state index is 0.0299. The first kappa shape index (κ1) is 14.2. The topological polar surface area (TPSA) is 88.3 Å². The Morgan fingerprint density at radius 2 is 2.20 bits per heavy atom. The molecule has 0 aliphatic carbocycles. The Balaban J connectivity index is 2.44. The Bertz CT molecular complexity index is 643. The number of aliphatic hydroxyl groups excluding tert-OH is 1. The number of anilines is 1. The number of aryl methyl sites for hydroxylation is 1. The van der Waals surface area contributed by atoms with E-state index < -0.39 is 11.0 Å². The second kappa shape index (κ2) is 5.83. The van der Waals surface area contributed by atoms with Crippen LogP contribution in [-0.4, -0.2) is 27.7 Å². The summed E-state index contributed by atoms with van der Waals surface area (Å²) in [6.45, 7) is 4.16. The molecular formula is C14H17N3O3. The molecular weight excluding hydrogens is 258 g/mol. The number of hydrogen-bond acceptors (Lipinski definition) is 5. The number of rotatable bonds is 5. The summed E-state index contributed by atoms with van der Waals surface area (Å²) in [6.07, 6.45) is 0.201. The highest BCUT2D eigenvalue weighted by molar-refractivity contribution is 5.93. The summed E-state index contributed by atoms with van der Waals surface area (Å²) in [4.78, 5) is 14.8. The maximum atomic E-state index is 10.9. The van der Waals surface area contributed by atoms with Crippen molar-refractivity contribution < 1.29 is 10.0 Å². The van der Waals surface area contributed by atoms with Gasteiger partial charge in [0.1, 0.15) is 0 Å². The second-order valence-electron chi connectivity index (χ2n) is 4.71. The van der Waals surface area contributed by atoms with Gasteiger partial charge in [0.05, 0.1) is 16.5 Å². The summed E-state index contributed by atoms with van der Waals surface area (Å²) in [5.41, 5.74) is 2.30. The molecule has 0 bridgehead atoms. The van der Waals surface area contributed by atoms with Crippen LogP contribution in [0.1, 0.15) is 19.0 Å². The van der Waals surface area contributed by atoms with Crippen molar-refractivity contribution in [2.75, 3.05) is 11.9 Å². The molecule has 0 fully saturated rings. The molecule has 1 atom stereocenters. The van der Waals surface area contributed by atoms with Gasteiger partial charge in [0.15, 0.2) is 0 Å². The third kappa shape index (κ3) is 3.03. The number of fused-ring (bicyclic) bond motifs is 1. The van der Waals surface area contributed by atoms with Crippen LogP contribution in [0.5, 0.6) is 0 Å². The Morgan fingerprint density at radius 3 is 2.85 bits per heavy atom. The van der Waals surface area contributed by atoms with E-state index >= 15 is 0 Å². The van der Waals surface area contributed by atoms with Crippen LogP contribution in [-0.2, 0) is 0 Å². The van der Waals surface area contributed by atoms with Crippen LogP contribution < -0.4 is 5.32 Å². The normalized spacial score (nSPS) is 12.3. The van der Waals surface area contributed by atoms with E-state index in [1.807, 2.05) is 19.9 Å². The molecule has 20 heavy (non-hydrogen) atoms. The molecule has 0 aliphatic rings. The monoisotopic (exact) mass is 275 g/mol. The van der Waals surface area contributed by atoms with E-state index in [0.717, 1.165) is 11.4 Å². The van der Waals surface area contributed by atoms with Crippen molar-refractivity contribution in [3.8, 4) is 0 Å². The number of aliphatic hydroxyl groups is 1. The van der Waals surface area contributed by atoms with Gasteiger partial charge in [0.25, 0.3) is 5.69 Å². The zero-order valence-electron chi connectivity index (χ0n) is 11.5. The summed E-state index contributed by atoms with van der Waals surface area (Å²) in [6, 6.07) is 6.41. The van der Waals surface area contributed by atoms with Crippen LogP contribution in [0.25, 0.3) is 10.9 Å². The maximum Gasteiger partial charge on any atom is 0.270 e. The van der Waals surface area contributed by atoms with Crippen LogP contribution in [0.15, 0.2) is 24.3 Å². The molecule has 106 valence electrons. The quantitative estimate of drug-likeness (QED) is 0.647. The van der Waals surface area contributed by atoms with E-state index in [-0.39, 0.29) is 5.69 Å². The van der Waals surface area contributed by atoms with Gasteiger partial charge >= 0.3 is 0 Å². The predicted molar refractivity (Wildman–Crippen MR) is 77.9 cm³/mol. The molecule has 0 radical (unpaired) electrons. The molecule has 6 nitrogen and oxygen atoms in total. The Kier molecular flexibility index (Phi) is 4.14. The number of nitrogens with zero attached hydrogens (tertiary/aromatic N) is 2. The smallest absolute Gasteiger partial charge is 0.270 e. The number of nitro benzene ring substituents is 1. The van der Waals surface area contributed by atoms with Crippen LogP contribution in [0.4, 0.5) is 11.4 Å². The van der Waals surface area contributed by atoms with E-state index in [9.17, 15) is 15.2 Å². The summed E-state index contributed by atoms with van der Waals surface area (Å²) in [5, 5.41) is 24.3. The van der Waals surface area contributed by atoms with Crippen molar-refractivity contribution in [2.45, 2.75) is 26.4 Å². The third-order valence-corrected chi connectivity index (χ3v) is 3.13. The third-order valence-electron chi connectivity index (χ3n) is 3.13. The number of hydrogen-bond donors (Lipinski definition) is 2. The minimum Gasteiger partial charge on any atom is -0.391 e. The molecule has 1 aromatic carbocycles. The van der Waals surface area contributed by atoms with Crippen LogP contribution in [0.3, 0.4) is 0 Å². The Morgan fingerprint density at radius 1 is 1.45 bits per heavy atom. The van der Waals surface area contributed by atoms with Crippen LogP contribution >= 0.6 is 0 Å². The molecule has 1 heterocycles. The molecule has 0 saturated carbocycles. The first-order chi connectivity index (χ1) is 9.51. The lowest BCUT2D eigenvalue weighted by molar-refractivity contribution is -0.384. The molecule has 0 saturated heterocycles. The summed E-state index contributed by atoms with van der Waals surface area (Å²) in [5.74, 6) is 0. The lowest BCUT2D eigenvalue weighted by Gasteiger charge is -2.13. The zero-order valence-corrected chi connectivity index (χ0v) is 11.5. The fourth-order valence-corrected chi connectivity index (χ4v) is 1.98. The highest BCUT2D eigenvalue weighted by atomic mass is 16.6. The largest absolute Gasteiger partial charge is 0.391 e. The molecule has 0 amide bonds. The second-order valence-corrected chi connectivity index (χ2v) is 4.71. The van der Waals surface area contributed by atoms with E-state index in [0.29, 0.717) is 23.9 Å². The number of benzene rings is 1. The molecule has 6 heteroatoms. The van der Waals surface area contributed by atoms with Gasteiger partial charge in [-0.05, 0) is 25.5 Å². The number of aromatic nitrogens is 1. The summed E-state index contributed by atoms with van der Waals surface area (Å²) < 4.78 is 0. The number of pyridine rings is 1. The Labute approximate surface area is 116 Å². The molecule has 2 aromatic rings. The van der Waals surface area contributed by atoms with Gasteiger partial charge in [0, 0.05) is 35.4 Å². The standard InChI is InChI=1S/C14H17N3O3/c1-3-11(18)8-15-14-6-9(2)16-13-5-4-10(17(19)20)7-12(13)14/h4-7,11,18H,3,8H2,1-2H3,(H,15,16). The van der Waals surface area contributed by atoms with Gasteiger partial charge in [-0.25, -0.2) is 0 Å². The van der Waals surface area contributed by atoms with E-state index in [2.05, 4.69) is 10.3 Å². The van der Waals surface area contributed by atoms with Gasteiger partial charge in [-0.15, -0.1) is 0 Å². The Hall–Kier alpha value is -2.21. The molecule has 1 unspecified atom stereocenters. The lowest BCUT2D eigenvalue weighted by Crippen LogP contribution is -2.18. The van der Waals surface area contributed by atoms with E-state index in [4.69, 9.17) is 0 Å². The molecule has 2 N–H and O–H groups in total.